The Labute approximate surface area is 157 Å². The first-order chi connectivity index (χ1) is 12.5. The van der Waals surface area contributed by atoms with Gasteiger partial charge in [0.05, 0.1) is 4.90 Å². The molecular weight excluding hydrogens is 368 g/mol. The molecular formula is C18H20N4O2S2. The fourth-order valence-corrected chi connectivity index (χ4v) is 5.68. The number of benzene rings is 1. The number of sulfonamides is 1. The highest BCUT2D eigenvalue weighted by Gasteiger charge is 2.27. The summed E-state index contributed by atoms with van der Waals surface area (Å²) in [7, 11) is -3.46. The predicted molar refractivity (Wildman–Crippen MR) is 104 cm³/mol. The van der Waals surface area contributed by atoms with Crippen molar-refractivity contribution in [3.05, 3.63) is 48.2 Å². The van der Waals surface area contributed by atoms with E-state index in [1.165, 1.54) is 0 Å². The Balaban J connectivity index is 1.54. The van der Waals surface area contributed by atoms with Gasteiger partial charge in [-0.15, -0.1) is 0 Å². The quantitative estimate of drug-likeness (QED) is 0.690. The van der Waals surface area contributed by atoms with E-state index in [9.17, 15) is 8.42 Å². The Bertz CT molecular complexity index is 999. The van der Waals surface area contributed by atoms with Crippen LogP contribution < -0.4 is 4.90 Å². The molecule has 136 valence electrons. The molecule has 6 nitrogen and oxygen atoms in total. The summed E-state index contributed by atoms with van der Waals surface area (Å²) in [5, 5.41) is 0.911. The summed E-state index contributed by atoms with van der Waals surface area (Å²) in [6.07, 6.45) is 2.54. The Hall–Kier alpha value is -2.03. The van der Waals surface area contributed by atoms with Crippen molar-refractivity contribution >= 4 is 36.8 Å². The van der Waals surface area contributed by atoms with Crippen molar-refractivity contribution in [2.24, 2.45) is 0 Å². The van der Waals surface area contributed by atoms with Gasteiger partial charge in [-0.1, -0.05) is 23.5 Å². The minimum Gasteiger partial charge on any atom is -0.347 e. The molecule has 3 aromatic rings. The number of aromatic nitrogens is 2. The van der Waals surface area contributed by atoms with Crippen LogP contribution in [0.2, 0.25) is 0 Å². The highest BCUT2D eigenvalue weighted by molar-refractivity contribution is 7.89. The fraction of sp³-hybridized carbons (Fsp3) is 0.333. The first-order valence-corrected chi connectivity index (χ1v) is 10.8. The zero-order valence-electron chi connectivity index (χ0n) is 14.5. The van der Waals surface area contributed by atoms with Gasteiger partial charge in [-0.3, -0.25) is 0 Å². The molecule has 4 rings (SSSR count). The van der Waals surface area contributed by atoms with E-state index in [1.807, 2.05) is 25.1 Å². The molecule has 0 spiro atoms. The largest absolute Gasteiger partial charge is 0.347 e. The Morgan fingerprint density at radius 2 is 1.96 bits per heavy atom. The van der Waals surface area contributed by atoms with Crippen LogP contribution in [0.5, 0.6) is 0 Å². The summed E-state index contributed by atoms with van der Waals surface area (Å²) < 4.78 is 27.5. The summed E-state index contributed by atoms with van der Waals surface area (Å²) in [6.45, 7) is 4.31. The number of thiazole rings is 1. The van der Waals surface area contributed by atoms with Crippen molar-refractivity contribution in [3.63, 3.8) is 0 Å². The number of hydrogen-bond acceptors (Lipinski definition) is 6. The van der Waals surface area contributed by atoms with Crippen LogP contribution in [0.4, 0.5) is 5.13 Å². The zero-order chi connectivity index (χ0) is 18.1. The van der Waals surface area contributed by atoms with Gasteiger partial charge in [0.2, 0.25) is 10.0 Å². The van der Waals surface area contributed by atoms with Gasteiger partial charge in [-0.25, -0.2) is 18.4 Å². The molecule has 1 fully saturated rings. The van der Waals surface area contributed by atoms with Gasteiger partial charge < -0.3 is 4.90 Å². The SMILES string of the molecule is Cc1cccc(S(=O)(=O)N2CCCN(c3nc4cccnc4s3)CC2)c1. The van der Waals surface area contributed by atoms with Gasteiger partial charge in [-0.2, -0.15) is 4.31 Å². The van der Waals surface area contributed by atoms with Gasteiger partial charge >= 0.3 is 0 Å². The molecule has 2 aromatic heterocycles. The van der Waals surface area contributed by atoms with E-state index in [-0.39, 0.29) is 0 Å². The highest BCUT2D eigenvalue weighted by Crippen LogP contribution is 2.28. The number of nitrogens with zero attached hydrogens (tertiary/aromatic N) is 4. The maximum Gasteiger partial charge on any atom is 0.243 e. The molecule has 0 saturated carbocycles. The smallest absolute Gasteiger partial charge is 0.243 e. The molecule has 0 radical (unpaired) electrons. The summed E-state index contributed by atoms with van der Waals surface area (Å²) in [6, 6.07) is 10.9. The Morgan fingerprint density at radius 3 is 2.77 bits per heavy atom. The van der Waals surface area contributed by atoms with Crippen molar-refractivity contribution < 1.29 is 8.42 Å². The monoisotopic (exact) mass is 388 g/mol. The lowest BCUT2D eigenvalue weighted by molar-refractivity contribution is 0.433. The van der Waals surface area contributed by atoms with Crippen molar-refractivity contribution in [2.45, 2.75) is 18.2 Å². The van der Waals surface area contributed by atoms with E-state index in [0.717, 1.165) is 34.0 Å². The molecule has 1 aromatic carbocycles. The van der Waals surface area contributed by atoms with Crippen LogP contribution in [-0.4, -0.2) is 48.9 Å². The number of fused-ring (bicyclic) bond motifs is 1. The van der Waals surface area contributed by atoms with Gasteiger partial charge in [0.15, 0.2) is 5.13 Å². The molecule has 0 amide bonds. The predicted octanol–water partition coefficient (Wildman–Crippen LogP) is 2.90. The van der Waals surface area contributed by atoms with Crippen molar-refractivity contribution in [1.29, 1.82) is 0 Å². The van der Waals surface area contributed by atoms with E-state index >= 15 is 0 Å². The molecule has 26 heavy (non-hydrogen) atoms. The van der Waals surface area contributed by atoms with Crippen LogP contribution in [0.25, 0.3) is 10.3 Å². The third kappa shape index (κ3) is 3.32. The van der Waals surface area contributed by atoms with E-state index in [0.29, 0.717) is 24.5 Å². The molecule has 1 aliphatic heterocycles. The lowest BCUT2D eigenvalue weighted by Crippen LogP contribution is -2.35. The van der Waals surface area contributed by atoms with Crippen LogP contribution in [0, 0.1) is 6.92 Å². The van der Waals surface area contributed by atoms with Crippen molar-refractivity contribution in [1.82, 2.24) is 14.3 Å². The Kier molecular flexibility index (Phi) is 4.64. The topological polar surface area (TPSA) is 66.4 Å². The molecule has 0 bridgehead atoms. The first-order valence-electron chi connectivity index (χ1n) is 8.57. The van der Waals surface area contributed by atoms with Crippen LogP contribution in [-0.2, 0) is 10.0 Å². The molecule has 8 heteroatoms. The lowest BCUT2D eigenvalue weighted by Gasteiger charge is -2.21. The lowest BCUT2D eigenvalue weighted by atomic mass is 10.2. The molecule has 0 atom stereocenters. The summed E-state index contributed by atoms with van der Waals surface area (Å²) in [5.41, 5.74) is 1.84. The van der Waals surface area contributed by atoms with Gasteiger partial charge in [0.1, 0.15) is 10.3 Å². The Morgan fingerprint density at radius 1 is 1.08 bits per heavy atom. The summed E-state index contributed by atoms with van der Waals surface area (Å²) in [4.78, 5) is 12.4. The van der Waals surface area contributed by atoms with Gasteiger partial charge in [0.25, 0.3) is 0 Å². The standard InChI is InChI=1S/C18H20N4O2S2/c1-14-5-2-6-15(13-14)26(23,24)22-10-4-9-21(11-12-22)18-20-16-7-3-8-19-17(16)25-18/h2-3,5-8,13H,4,9-12H2,1H3. The average molecular weight is 389 g/mol. The van der Waals surface area contributed by atoms with Gasteiger partial charge in [0, 0.05) is 32.4 Å². The number of rotatable bonds is 3. The van der Waals surface area contributed by atoms with Crippen LogP contribution in [0.15, 0.2) is 47.5 Å². The maximum atomic E-state index is 13.0. The zero-order valence-corrected chi connectivity index (χ0v) is 16.1. The minimum absolute atomic E-state index is 0.370. The third-order valence-corrected chi connectivity index (χ3v) is 7.44. The number of pyridine rings is 1. The second-order valence-electron chi connectivity index (χ2n) is 6.39. The normalized spacial score (nSPS) is 16.7. The molecule has 1 saturated heterocycles. The number of anilines is 1. The molecule has 0 N–H and O–H groups in total. The van der Waals surface area contributed by atoms with E-state index < -0.39 is 10.0 Å². The second-order valence-corrected chi connectivity index (χ2v) is 9.28. The van der Waals surface area contributed by atoms with E-state index in [1.54, 1.807) is 40.0 Å². The third-order valence-electron chi connectivity index (χ3n) is 4.51. The summed E-state index contributed by atoms with van der Waals surface area (Å²) in [5.74, 6) is 0. The molecule has 0 aliphatic carbocycles. The van der Waals surface area contributed by atoms with Crippen molar-refractivity contribution in [3.8, 4) is 0 Å². The van der Waals surface area contributed by atoms with Crippen LogP contribution >= 0.6 is 11.3 Å². The van der Waals surface area contributed by atoms with E-state index in [4.69, 9.17) is 0 Å². The second kappa shape index (κ2) is 6.94. The summed E-state index contributed by atoms with van der Waals surface area (Å²) >= 11 is 1.56. The number of aryl methyl sites for hydroxylation is 1. The van der Waals surface area contributed by atoms with Crippen LogP contribution in [0.3, 0.4) is 0 Å². The van der Waals surface area contributed by atoms with E-state index in [2.05, 4.69) is 14.9 Å². The van der Waals surface area contributed by atoms with Crippen molar-refractivity contribution in [2.75, 3.05) is 31.1 Å². The molecule has 1 aliphatic rings. The first kappa shape index (κ1) is 17.4. The molecule has 3 heterocycles. The highest BCUT2D eigenvalue weighted by atomic mass is 32.2. The van der Waals surface area contributed by atoms with Crippen LogP contribution in [0.1, 0.15) is 12.0 Å². The minimum atomic E-state index is -3.46. The maximum absolute atomic E-state index is 13.0. The number of hydrogen-bond donors (Lipinski definition) is 0. The molecule has 0 unspecified atom stereocenters. The average Bonchev–Trinajstić information content (AvgIpc) is 2.90. The van der Waals surface area contributed by atoms with Gasteiger partial charge in [-0.05, 0) is 43.2 Å². The fourth-order valence-electron chi connectivity index (χ4n) is 3.14.